The van der Waals surface area contributed by atoms with Crippen molar-refractivity contribution in [1.82, 2.24) is 4.31 Å². The van der Waals surface area contributed by atoms with E-state index in [2.05, 4.69) is 0 Å². The van der Waals surface area contributed by atoms with Crippen molar-refractivity contribution in [2.75, 3.05) is 32.5 Å². The van der Waals surface area contributed by atoms with Gasteiger partial charge in [0.25, 0.3) is 0 Å². The van der Waals surface area contributed by atoms with Gasteiger partial charge >= 0.3 is 0 Å². The Hall–Kier alpha value is -0.890. The number of sulfonamides is 1. The van der Waals surface area contributed by atoms with Crippen molar-refractivity contribution in [3.05, 3.63) is 23.0 Å². The SMILES string of the molecule is COCC1CCN(S(=O)(=O)c2cc(N)cc(Cl)c2F)C1. The van der Waals surface area contributed by atoms with Gasteiger partial charge in [-0.3, -0.25) is 0 Å². The molecule has 2 rings (SSSR count). The molecule has 0 aromatic heterocycles. The summed E-state index contributed by atoms with van der Waals surface area (Å²) < 4.78 is 45.1. The lowest BCUT2D eigenvalue weighted by Crippen LogP contribution is -2.30. The molecule has 1 aliphatic heterocycles. The largest absolute Gasteiger partial charge is 0.399 e. The minimum Gasteiger partial charge on any atom is -0.399 e. The van der Waals surface area contributed by atoms with Crippen molar-refractivity contribution in [3.63, 3.8) is 0 Å². The molecule has 1 aliphatic rings. The van der Waals surface area contributed by atoms with Crippen LogP contribution in [0.5, 0.6) is 0 Å². The second kappa shape index (κ2) is 5.85. The lowest BCUT2D eigenvalue weighted by Gasteiger charge is -2.17. The summed E-state index contributed by atoms with van der Waals surface area (Å²) in [5, 5.41) is -0.295. The van der Waals surface area contributed by atoms with E-state index < -0.39 is 20.7 Å². The van der Waals surface area contributed by atoms with Crippen LogP contribution in [0.4, 0.5) is 10.1 Å². The van der Waals surface area contributed by atoms with E-state index in [0.717, 1.165) is 6.07 Å². The fraction of sp³-hybridized carbons (Fsp3) is 0.500. The van der Waals surface area contributed by atoms with Crippen LogP contribution in [0.3, 0.4) is 0 Å². The molecule has 5 nitrogen and oxygen atoms in total. The molecular formula is C12H16ClFN2O3S. The van der Waals surface area contributed by atoms with E-state index in [9.17, 15) is 12.8 Å². The topological polar surface area (TPSA) is 72.6 Å². The normalized spacial score (nSPS) is 20.4. The molecule has 1 saturated heterocycles. The number of anilines is 1. The fourth-order valence-electron chi connectivity index (χ4n) is 2.30. The number of hydrogen-bond acceptors (Lipinski definition) is 4. The number of ether oxygens (including phenoxy) is 1. The quantitative estimate of drug-likeness (QED) is 0.857. The Morgan fingerprint density at radius 2 is 2.25 bits per heavy atom. The van der Waals surface area contributed by atoms with E-state index in [1.165, 1.54) is 10.4 Å². The standard InChI is InChI=1S/C12H16ClFN2O3S/c1-19-7-8-2-3-16(6-8)20(17,18)11-5-9(15)4-10(13)12(11)14/h4-5,8H,2-3,6-7,15H2,1H3. The highest BCUT2D eigenvalue weighted by Crippen LogP contribution is 2.30. The molecular weight excluding hydrogens is 307 g/mol. The molecule has 0 bridgehead atoms. The Balaban J connectivity index is 2.32. The molecule has 0 amide bonds. The average molecular weight is 323 g/mol. The number of nitrogens with two attached hydrogens (primary N) is 1. The summed E-state index contributed by atoms with van der Waals surface area (Å²) in [4.78, 5) is -0.472. The molecule has 1 unspecified atom stereocenters. The maximum Gasteiger partial charge on any atom is 0.246 e. The van der Waals surface area contributed by atoms with Crippen LogP contribution in [-0.2, 0) is 14.8 Å². The molecule has 1 aromatic rings. The number of nitrogen functional groups attached to an aromatic ring is 1. The minimum absolute atomic E-state index is 0.114. The predicted octanol–water partition coefficient (Wildman–Crippen LogP) is 1.72. The van der Waals surface area contributed by atoms with Crippen molar-refractivity contribution in [2.45, 2.75) is 11.3 Å². The molecule has 0 radical (unpaired) electrons. The molecule has 20 heavy (non-hydrogen) atoms. The molecule has 2 N–H and O–H groups in total. The van der Waals surface area contributed by atoms with Crippen LogP contribution in [0.2, 0.25) is 5.02 Å². The van der Waals surface area contributed by atoms with Crippen LogP contribution >= 0.6 is 11.6 Å². The molecule has 0 saturated carbocycles. The predicted molar refractivity (Wildman–Crippen MR) is 74.6 cm³/mol. The van der Waals surface area contributed by atoms with Gasteiger partial charge in [0.2, 0.25) is 10.0 Å². The number of methoxy groups -OCH3 is 1. The Labute approximate surface area is 122 Å². The second-order valence-electron chi connectivity index (χ2n) is 4.79. The molecule has 1 fully saturated rings. The minimum atomic E-state index is -3.93. The summed E-state index contributed by atoms with van der Waals surface area (Å²) in [7, 11) is -2.36. The Kier molecular flexibility index (Phi) is 4.53. The highest BCUT2D eigenvalue weighted by atomic mass is 35.5. The summed E-state index contributed by atoms with van der Waals surface area (Å²) in [6, 6.07) is 2.29. The third kappa shape index (κ3) is 2.90. The first-order valence-electron chi connectivity index (χ1n) is 6.10. The van der Waals surface area contributed by atoms with E-state index in [1.54, 1.807) is 7.11 Å². The highest BCUT2D eigenvalue weighted by Gasteiger charge is 2.34. The summed E-state index contributed by atoms with van der Waals surface area (Å²) in [5.41, 5.74) is 5.66. The van der Waals surface area contributed by atoms with Crippen LogP contribution < -0.4 is 5.73 Å². The molecule has 0 spiro atoms. The summed E-state index contributed by atoms with van der Waals surface area (Å²) in [5.74, 6) is -0.842. The molecule has 1 heterocycles. The van der Waals surface area contributed by atoms with Crippen molar-refractivity contribution < 1.29 is 17.5 Å². The van der Waals surface area contributed by atoms with Crippen molar-refractivity contribution >= 4 is 27.3 Å². The fourth-order valence-corrected chi connectivity index (χ4v) is 4.23. The first-order chi connectivity index (χ1) is 9.36. The van der Waals surface area contributed by atoms with Gasteiger partial charge in [-0.15, -0.1) is 0 Å². The lowest BCUT2D eigenvalue weighted by atomic mass is 10.1. The van der Waals surface area contributed by atoms with E-state index >= 15 is 0 Å². The van der Waals surface area contributed by atoms with Gasteiger partial charge in [-0.25, -0.2) is 12.8 Å². The Morgan fingerprint density at radius 3 is 2.90 bits per heavy atom. The van der Waals surface area contributed by atoms with Crippen LogP contribution in [0.25, 0.3) is 0 Å². The monoisotopic (exact) mass is 322 g/mol. The molecule has 1 atom stereocenters. The second-order valence-corrected chi connectivity index (χ2v) is 7.10. The van der Waals surface area contributed by atoms with E-state index in [0.29, 0.717) is 26.1 Å². The summed E-state index contributed by atoms with van der Waals surface area (Å²) in [6.07, 6.45) is 0.685. The van der Waals surface area contributed by atoms with Gasteiger partial charge in [-0.05, 0) is 24.5 Å². The zero-order chi connectivity index (χ0) is 14.9. The number of nitrogens with zero attached hydrogens (tertiary/aromatic N) is 1. The third-order valence-electron chi connectivity index (χ3n) is 3.29. The van der Waals surface area contributed by atoms with E-state index in [4.69, 9.17) is 22.1 Å². The average Bonchev–Trinajstić information content (AvgIpc) is 2.83. The Bertz CT molecular complexity index is 609. The number of hydrogen-bond donors (Lipinski definition) is 1. The maximum atomic E-state index is 14.0. The van der Waals surface area contributed by atoms with E-state index in [-0.39, 0.29) is 16.6 Å². The maximum absolute atomic E-state index is 14.0. The van der Waals surface area contributed by atoms with Gasteiger partial charge in [0.15, 0.2) is 5.82 Å². The highest BCUT2D eigenvalue weighted by molar-refractivity contribution is 7.89. The van der Waals surface area contributed by atoms with Crippen molar-refractivity contribution in [2.24, 2.45) is 5.92 Å². The van der Waals surface area contributed by atoms with Crippen molar-refractivity contribution in [3.8, 4) is 0 Å². The third-order valence-corrected chi connectivity index (χ3v) is 5.43. The molecule has 0 aliphatic carbocycles. The van der Waals surface area contributed by atoms with Crippen molar-refractivity contribution in [1.29, 1.82) is 0 Å². The smallest absolute Gasteiger partial charge is 0.246 e. The first-order valence-corrected chi connectivity index (χ1v) is 7.91. The van der Waals surface area contributed by atoms with Crippen LogP contribution in [0.1, 0.15) is 6.42 Å². The zero-order valence-corrected chi connectivity index (χ0v) is 12.5. The summed E-state index contributed by atoms with van der Waals surface area (Å²) >= 11 is 5.65. The first kappa shape index (κ1) is 15.5. The van der Waals surface area contributed by atoms with Crippen LogP contribution in [0, 0.1) is 11.7 Å². The lowest BCUT2D eigenvalue weighted by molar-refractivity contribution is 0.157. The Morgan fingerprint density at radius 1 is 1.55 bits per heavy atom. The van der Waals surface area contributed by atoms with E-state index in [1.807, 2.05) is 0 Å². The van der Waals surface area contributed by atoms with Crippen LogP contribution in [-0.4, -0.2) is 39.5 Å². The van der Waals surface area contributed by atoms with Gasteiger partial charge in [0.05, 0.1) is 11.6 Å². The van der Waals surface area contributed by atoms with Gasteiger partial charge in [-0.2, -0.15) is 4.31 Å². The van der Waals surface area contributed by atoms with Gasteiger partial charge in [-0.1, -0.05) is 11.6 Å². The number of benzene rings is 1. The number of halogens is 2. The summed E-state index contributed by atoms with van der Waals surface area (Å²) in [6.45, 7) is 1.12. The molecule has 112 valence electrons. The van der Waals surface area contributed by atoms with Gasteiger partial charge < -0.3 is 10.5 Å². The molecule has 1 aromatic carbocycles. The van der Waals surface area contributed by atoms with Crippen LogP contribution in [0.15, 0.2) is 17.0 Å². The number of rotatable bonds is 4. The zero-order valence-electron chi connectivity index (χ0n) is 11.0. The van der Waals surface area contributed by atoms with Gasteiger partial charge in [0, 0.05) is 25.9 Å². The van der Waals surface area contributed by atoms with Gasteiger partial charge in [0.1, 0.15) is 4.90 Å². The molecule has 8 heteroatoms.